The summed E-state index contributed by atoms with van der Waals surface area (Å²) in [4.78, 5) is 12.1. The van der Waals surface area contributed by atoms with Gasteiger partial charge in [-0.15, -0.1) is 0 Å². The molecule has 6 heteroatoms. The van der Waals surface area contributed by atoms with Crippen molar-refractivity contribution in [3.63, 3.8) is 0 Å². The molecule has 0 radical (unpaired) electrons. The van der Waals surface area contributed by atoms with Crippen LogP contribution in [0, 0.1) is 0 Å². The molecule has 0 bridgehead atoms. The Labute approximate surface area is 138 Å². The molecule has 0 saturated carbocycles. The minimum Gasteiger partial charge on any atom is -0.358 e. The summed E-state index contributed by atoms with van der Waals surface area (Å²) >= 11 is 16.9. The maximum atomic E-state index is 12.1. The Balaban J connectivity index is 1.93. The van der Waals surface area contributed by atoms with Crippen LogP contribution in [0.15, 0.2) is 48.5 Å². The summed E-state index contributed by atoms with van der Waals surface area (Å²) in [6, 6.07) is 14.4. The van der Waals surface area contributed by atoms with E-state index in [0.29, 0.717) is 16.6 Å². The average molecular weight is 339 g/mol. The van der Waals surface area contributed by atoms with E-state index in [2.05, 4.69) is 10.6 Å². The van der Waals surface area contributed by atoms with Crippen LogP contribution < -0.4 is 10.6 Å². The van der Waals surface area contributed by atoms with Crippen molar-refractivity contribution in [3.05, 3.63) is 69.7 Å². The second-order valence-electron chi connectivity index (χ2n) is 4.25. The molecule has 0 aliphatic carbocycles. The number of rotatable bonds is 3. The number of hydrogen-bond acceptors (Lipinski definition) is 2. The fraction of sp³-hybridized carbons (Fsp3) is 0.0667. The maximum absolute atomic E-state index is 12.1. The summed E-state index contributed by atoms with van der Waals surface area (Å²) < 4.78 is 0. The van der Waals surface area contributed by atoms with Crippen LogP contribution >= 0.6 is 35.4 Å². The molecule has 2 N–H and O–H groups in total. The van der Waals surface area contributed by atoms with E-state index in [1.54, 1.807) is 12.1 Å². The second kappa shape index (κ2) is 7.41. The van der Waals surface area contributed by atoms with Gasteiger partial charge in [0.25, 0.3) is 5.91 Å². The van der Waals surface area contributed by atoms with Gasteiger partial charge >= 0.3 is 0 Å². The largest absolute Gasteiger partial charge is 0.358 e. The lowest BCUT2D eigenvalue weighted by Crippen LogP contribution is -2.38. The van der Waals surface area contributed by atoms with Crippen LogP contribution in [0.5, 0.6) is 0 Å². The van der Waals surface area contributed by atoms with Gasteiger partial charge < -0.3 is 5.32 Å². The van der Waals surface area contributed by atoms with Gasteiger partial charge in [-0.2, -0.15) is 0 Å². The molecule has 0 unspecified atom stereocenters. The zero-order valence-electron chi connectivity index (χ0n) is 10.9. The van der Waals surface area contributed by atoms with E-state index in [1.807, 2.05) is 30.3 Å². The zero-order chi connectivity index (χ0) is 15.2. The van der Waals surface area contributed by atoms with Gasteiger partial charge in [-0.3, -0.25) is 10.1 Å². The van der Waals surface area contributed by atoms with Crippen molar-refractivity contribution >= 4 is 46.4 Å². The smallest absolute Gasteiger partial charge is 0.258 e. The molecule has 0 saturated heterocycles. The van der Waals surface area contributed by atoms with Gasteiger partial charge in [0.15, 0.2) is 5.11 Å². The molecular formula is C15H12Cl2N2OS. The molecule has 108 valence electrons. The van der Waals surface area contributed by atoms with Crippen molar-refractivity contribution in [3.8, 4) is 0 Å². The maximum Gasteiger partial charge on any atom is 0.258 e. The number of benzene rings is 2. The van der Waals surface area contributed by atoms with Crippen molar-refractivity contribution in [1.29, 1.82) is 0 Å². The summed E-state index contributed by atoms with van der Waals surface area (Å²) in [7, 11) is 0. The Morgan fingerprint density at radius 1 is 1.10 bits per heavy atom. The van der Waals surface area contributed by atoms with E-state index in [1.165, 1.54) is 6.07 Å². The molecular weight excluding hydrogens is 327 g/mol. The third kappa shape index (κ3) is 4.70. The van der Waals surface area contributed by atoms with Gasteiger partial charge in [0.1, 0.15) is 0 Å². The van der Waals surface area contributed by atoms with Crippen LogP contribution in [0.3, 0.4) is 0 Å². The second-order valence-corrected chi connectivity index (χ2v) is 5.50. The third-order valence-electron chi connectivity index (χ3n) is 2.70. The van der Waals surface area contributed by atoms with E-state index >= 15 is 0 Å². The van der Waals surface area contributed by atoms with Crippen molar-refractivity contribution < 1.29 is 4.79 Å². The summed E-state index contributed by atoms with van der Waals surface area (Å²) in [5.41, 5.74) is 1.35. The van der Waals surface area contributed by atoms with E-state index in [4.69, 9.17) is 35.4 Å². The Hall–Kier alpha value is -1.62. The van der Waals surface area contributed by atoms with Gasteiger partial charge in [-0.1, -0.05) is 53.5 Å². The molecule has 0 heterocycles. The van der Waals surface area contributed by atoms with Gasteiger partial charge in [-0.25, -0.2) is 0 Å². The first-order chi connectivity index (χ1) is 10.1. The fourth-order valence-electron chi connectivity index (χ4n) is 1.66. The van der Waals surface area contributed by atoms with Crippen molar-refractivity contribution in [1.82, 2.24) is 10.6 Å². The molecule has 2 rings (SSSR count). The number of hydrogen-bond donors (Lipinski definition) is 2. The van der Waals surface area contributed by atoms with Gasteiger partial charge in [0.2, 0.25) is 0 Å². The van der Waals surface area contributed by atoms with Crippen molar-refractivity contribution in [2.45, 2.75) is 6.54 Å². The first kappa shape index (κ1) is 15.8. The minimum atomic E-state index is -0.395. The van der Waals surface area contributed by atoms with E-state index < -0.39 is 5.91 Å². The van der Waals surface area contributed by atoms with Crippen LogP contribution in [0.2, 0.25) is 10.0 Å². The molecule has 1 amide bonds. The highest BCUT2D eigenvalue weighted by Gasteiger charge is 2.12. The van der Waals surface area contributed by atoms with Crippen LogP contribution in [0.1, 0.15) is 15.9 Å². The number of amides is 1. The first-order valence-electron chi connectivity index (χ1n) is 6.14. The third-order valence-corrected chi connectivity index (χ3v) is 3.51. The lowest BCUT2D eigenvalue weighted by atomic mass is 10.2. The average Bonchev–Trinajstić information content (AvgIpc) is 2.48. The van der Waals surface area contributed by atoms with E-state index in [0.717, 1.165) is 5.56 Å². The molecule has 3 nitrogen and oxygen atoms in total. The van der Waals surface area contributed by atoms with Crippen LogP contribution in [0.4, 0.5) is 0 Å². The quantitative estimate of drug-likeness (QED) is 0.836. The Morgan fingerprint density at radius 2 is 1.81 bits per heavy atom. The van der Waals surface area contributed by atoms with Crippen LogP contribution in [-0.4, -0.2) is 11.0 Å². The molecule has 2 aromatic carbocycles. The highest BCUT2D eigenvalue weighted by Crippen LogP contribution is 2.20. The molecule has 0 aliphatic heterocycles. The molecule has 0 fully saturated rings. The predicted molar refractivity (Wildman–Crippen MR) is 89.8 cm³/mol. The monoisotopic (exact) mass is 338 g/mol. The van der Waals surface area contributed by atoms with Crippen molar-refractivity contribution in [2.75, 3.05) is 0 Å². The fourth-order valence-corrected chi connectivity index (χ4v) is 2.20. The minimum absolute atomic E-state index is 0.236. The topological polar surface area (TPSA) is 41.1 Å². The number of carbonyl (C=O) groups excluding carboxylic acids is 1. The SMILES string of the molecule is O=C(NC(=S)NCc1ccccc1)c1cc(Cl)ccc1Cl. The van der Waals surface area contributed by atoms with Crippen LogP contribution in [0.25, 0.3) is 0 Å². The number of nitrogens with one attached hydrogen (secondary N) is 2. The summed E-state index contributed by atoms with van der Waals surface area (Å²) in [6.07, 6.45) is 0. The molecule has 0 spiro atoms. The number of thiocarbonyl (C=S) groups is 1. The normalized spacial score (nSPS) is 10.0. The molecule has 21 heavy (non-hydrogen) atoms. The highest BCUT2D eigenvalue weighted by atomic mass is 35.5. The van der Waals surface area contributed by atoms with Crippen molar-refractivity contribution in [2.24, 2.45) is 0 Å². The lowest BCUT2D eigenvalue weighted by molar-refractivity contribution is 0.0977. The first-order valence-corrected chi connectivity index (χ1v) is 7.31. The van der Waals surface area contributed by atoms with Gasteiger partial charge in [0, 0.05) is 11.6 Å². The Morgan fingerprint density at radius 3 is 2.52 bits per heavy atom. The summed E-state index contributed by atoms with van der Waals surface area (Å²) in [5, 5.41) is 6.53. The standard InChI is InChI=1S/C15H12Cl2N2OS/c16-11-6-7-13(17)12(8-11)14(20)19-15(21)18-9-10-4-2-1-3-5-10/h1-8H,9H2,(H2,18,19,20,21). The van der Waals surface area contributed by atoms with Gasteiger partial charge in [-0.05, 0) is 36.0 Å². The van der Waals surface area contributed by atoms with Gasteiger partial charge in [0.05, 0.1) is 10.6 Å². The van der Waals surface area contributed by atoms with E-state index in [9.17, 15) is 4.79 Å². The zero-order valence-corrected chi connectivity index (χ0v) is 13.2. The summed E-state index contributed by atoms with van der Waals surface area (Å²) in [5.74, 6) is -0.395. The Kier molecular flexibility index (Phi) is 5.56. The predicted octanol–water partition coefficient (Wildman–Crippen LogP) is 3.80. The molecule has 2 aromatic rings. The summed E-state index contributed by atoms with van der Waals surface area (Å²) in [6.45, 7) is 0.531. The molecule has 0 aromatic heterocycles. The number of carbonyl (C=O) groups is 1. The highest BCUT2D eigenvalue weighted by molar-refractivity contribution is 7.80. The number of halogens is 2. The Bertz CT molecular complexity index is 662. The molecule has 0 aliphatic rings. The lowest BCUT2D eigenvalue weighted by Gasteiger charge is -2.10. The van der Waals surface area contributed by atoms with Crippen LogP contribution in [-0.2, 0) is 6.54 Å². The van der Waals surface area contributed by atoms with E-state index in [-0.39, 0.29) is 10.7 Å². The molecule has 0 atom stereocenters.